The molecule has 0 bridgehead atoms. The molecule has 11 heavy (non-hydrogen) atoms. The SMILES string of the molecule is C/C=C1/CN(C)C/C1=C/CC. The zero-order valence-electron chi connectivity index (χ0n) is 7.72. The van der Waals surface area contributed by atoms with E-state index in [0.717, 1.165) is 19.5 Å². The summed E-state index contributed by atoms with van der Waals surface area (Å²) in [4.78, 5) is 2.34. The van der Waals surface area contributed by atoms with Gasteiger partial charge in [-0.25, -0.2) is 0 Å². The predicted octanol–water partition coefficient (Wildman–Crippen LogP) is 2.21. The van der Waals surface area contributed by atoms with Crippen LogP contribution in [0.15, 0.2) is 23.3 Å². The van der Waals surface area contributed by atoms with Crippen molar-refractivity contribution in [1.29, 1.82) is 0 Å². The third kappa shape index (κ3) is 1.93. The summed E-state index contributed by atoms with van der Waals surface area (Å²) in [5, 5.41) is 0. The Morgan fingerprint density at radius 1 is 1.36 bits per heavy atom. The Balaban J connectivity index is 2.73. The summed E-state index contributed by atoms with van der Waals surface area (Å²) in [6.07, 6.45) is 5.71. The van der Waals surface area contributed by atoms with Gasteiger partial charge in [-0.2, -0.15) is 0 Å². The predicted molar refractivity (Wildman–Crippen MR) is 49.6 cm³/mol. The van der Waals surface area contributed by atoms with Crippen molar-refractivity contribution in [3.05, 3.63) is 23.3 Å². The molecule has 1 heterocycles. The molecule has 0 aromatic heterocycles. The summed E-state index contributed by atoms with van der Waals surface area (Å²) in [6.45, 7) is 6.58. The minimum absolute atomic E-state index is 1.13. The Hall–Kier alpha value is -0.560. The summed E-state index contributed by atoms with van der Waals surface area (Å²) in [6, 6.07) is 0. The van der Waals surface area contributed by atoms with Gasteiger partial charge in [-0.15, -0.1) is 0 Å². The van der Waals surface area contributed by atoms with Gasteiger partial charge in [-0.1, -0.05) is 19.1 Å². The van der Waals surface area contributed by atoms with Crippen LogP contribution in [0.2, 0.25) is 0 Å². The molecular formula is C10H17N. The number of nitrogens with zero attached hydrogens (tertiary/aromatic N) is 1. The van der Waals surface area contributed by atoms with Crippen LogP contribution >= 0.6 is 0 Å². The average Bonchev–Trinajstić information content (AvgIpc) is 2.32. The van der Waals surface area contributed by atoms with E-state index in [0.29, 0.717) is 0 Å². The standard InChI is InChI=1S/C10H17N/c1-4-6-10-8-11(3)7-9(10)5-2/h5-6H,4,7-8H2,1-3H3/b9-5-,10-6-. The molecule has 0 aliphatic carbocycles. The van der Waals surface area contributed by atoms with Gasteiger partial charge in [0.1, 0.15) is 0 Å². The van der Waals surface area contributed by atoms with Crippen LogP contribution in [0.5, 0.6) is 0 Å². The molecule has 1 rings (SSSR count). The van der Waals surface area contributed by atoms with Crippen molar-refractivity contribution in [2.45, 2.75) is 20.3 Å². The lowest BCUT2D eigenvalue weighted by atomic mass is 10.1. The van der Waals surface area contributed by atoms with Crippen molar-refractivity contribution in [3.63, 3.8) is 0 Å². The summed E-state index contributed by atoms with van der Waals surface area (Å²) < 4.78 is 0. The van der Waals surface area contributed by atoms with Crippen LogP contribution in [-0.2, 0) is 0 Å². The topological polar surface area (TPSA) is 3.24 Å². The molecule has 0 unspecified atom stereocenters. The van der Waals surface area contributed by atoms with Crippen LogP contribution in [0.1, 0.15) is 20.3 Å². The van der Waals surface area contributed by atoms with Gasteiger partial charge in [-0.3, -0.25) is 4.90 Å². The fourth-order valence-electron chi connectivity index (χ4n) is 1.56. The van der Waals surface area contributed by atoms with Crippen LogP contribution in [0.25, 0.3) is 0 Å². The van der Waals surface area contributed by atoms with Crippen molar-refractivity contribution in [3.8, 4) is 0 Å². The largest absolute Gasteiger partial charge is 0.298 e. The maximum absolute atomic E-state index is 2.34. The molecule has 62 valence electrons. The lowest BCUT2D eigenvalue weighted by Gasteiger charge is -2.01. The maximum Gasteiger partial charge on any atom is 0.0234 e. The van der Waals surface area contributed by atoms with Gasteiger partial charge in [0.15, 0.2) is 0 Å². The Morgan fingerprint density at radius 2 is 2.00 bits per heavy atom. The monoisotopic (exact) mass is 151 g/mol. The van der Waals surface area contributed by atoms with Crippen LogP contribution < -0.4 is 0 Å². The molecule has 0 saturated carbocycles. The highest BCUT2D eigenvalue weighted by Crippen LogP contribution is 2.20. The van der Waals surface area contributed by atoms with E-state index in [9.17, 15) is 0 Å². The molecule has 0 aromatic carbocycles. The summed E-state index contributed by atoms with van der Waals surface area (Å²) in [7, 11) is 2.17. The molecule has 1 nitrogen and oxygen atoms in total. The van der Waals surface area contributed by atoms with Gasteiger partial charge in [0.05, 0.1) is 0 Å². The second kappa shape index (κ2) is 3.72. The Labute approximate surface area is 69.4 Å². The van der Waals surface area contributed by atoms with Crippen molar-refractivity contribution in [2.24, 2.45) is 0 Å². The quantitative estimate of drug-likeness (QED) is 0.555. The Morgan fingerprint density at radius 3 is 2.55 bits per heavy atom. The number of likely N-dealkylation sites (tertiary alicyclic amines) is 1. The number of rotatable bonds is 1. The highest BCUT2D eigenvalue weighted by atomic mass is 15.1. The fraction of sp³-hybridized carbons (Fsp3) is 0.600. The first-order valence-corrected chi connectivity index (χ1v) is 4.31. The van der Waals surface area contributed by atoms with E-state index < -0.39 is 0 Å². The van der Waals surface area contributed by atoms with Crippen molar-refractivity contribution in [1.82, 2.24) is 4.90 Å². The first-order valence-electron chi connectivity index (χ1n) is 4.31. The van der Waals surface area contributed by atoms with Crippen LogP contribution in [0, 0.1) is 0 Å². The second-order valence-corrected chi connectivity index (χ2v) is 3.12. The van der Waals surface area contributed by atoms with Crippen LogP contribution in [0.3, 0.4) is 0 Å². The summed E-state index contributed by atoms with van der Waals surface area (Å²) in [5.74, 6) is 0. The lowest BCUT2D eigenvalue weighted by molar-refractivity contribution is 0.437. The molecular weight excluding hydrogens is 134 g/mol. The van der Waals surface area contributed by atoms with Gasteiger partial charge < -0.3 is 0 Å². The zero-order valence-corrected chi connectivity index (χ0v) is 7.72. The molecule has 0 aromatic rings. The minimum Gasteiger partial charge on any atom is -0.298 e. The summed E-state index contributed by atoms with van der Waals surface area (Å²) >= 11 is 0. The van der Waals surface area contributed by atoms with E-state index in [1.54, 1.807) is 0 Å². The van der Waals surface area contributed by atoms with Gasteiger partial charge >= 0.3 is 0 Å². The number of likely N-dealkylation sites (N-methyl/N-ethyl adjacent to an activating group) is 1. The molecule has 1 fully saturated rings. The van der Waals surface area contributed by atoms with Crippen molar-refractivity contribution in [2.75, 3.05) is 20.1 Å². The van der Waals surface area contributed by atoms with Crippen LogP contribution in [-0.4, -0.2) is 25.0 Å². The van der Waals surface area contributed by atoms with E-state index in [4.69, 9.17) is 0 Å². The third-order valence-corrected chi connectivity index (χ3v) is 2.09. The number of hydrogen-bond donors (Lipinski definition) is 0. The van der Waals surface area contributed by atoms with Gasteiger partial charge in [0, 0.05) is 13.1 Å². The van der Waals surface area contributed by atoms with Gasteiger partial charge in [0.2, 0.25) is 0 Å². The zero-order chi connectivity index (χ0) is 8.27. The van der Waals surface area contributed by atoms with E-state index in [1.165, 1.54) is 11.1 Å². The van der Waals surface area contributed by atoms with Gasteiger partial charge in [-0.05, 0) is 31.5 Å². The third-order valence-electron chi connectivity index (χ3n) is 2.09. The second-order valence-electron chi connectivity index (χ2n) is 3.12. The van der Waals surface area contributed by atoms with Crippen molar-refractivity contribution >= 4 is 0 Å². The molecule has 0 N–H and O–H groups in total. The number of hydrogen-bond acceptors (Lipinski definition) is 1. The molecule has 0 spiro atoms. The highest BCUT2D eigenvalue weighted by molar-refractivity contribution is 5.36. The molecule has 0 radical (unpaired) electrons. The molecule has 0 amide bonds. The van der Waals surface area contributed by atoms with E-state index >= 15 is 0 Å². The number of allylic oxidation sites excluding steroid dienone is 2. The lowest BCUT2D eigenvalue weighted by Crippen LogP contribution is -2.11. The van der Waals surface area contributed by atoms with E-state index in [1.807, 2.05) is 0 Å². The molecule has 0 atom stereocenters. The fourth-order valence-corrected chi connectivity index (χ4v) is 1.56. The first-order chi connectivity index (χ1) is 5.27. The highest BCUT2D eigenvalue weighted by Gasteiger charge is 2.16. The summed E-state index contributed by atoms with van der Waals surface area (Å²) in [5.41, 5.74) is 3.03. The molecule has 1 aliphatic rings. The maximum atomic E-state index is 2.34. The first kappa shape index (κ1) is 8.54. The van der Waals surface area contributed by atoms with Crippen molar-refractivity contribution < 1.29 is 0 Å². The average molecular weight is 151 g/mol. The Kier molecular flexibility index (Phi) is 2.89. The molecule has 1 heteroatoms. The van der Waals surface area contributed by atoms with E-state index in [-0.39, 0.29) is 0 Å². The smallest absolute Gasteiger partial charge is 0.0234 e. The molecule has 1 aliphatic heterocycles. The minimum atomic E-state index is 1.13. The van der Waals surface area contributed by atoms with Crippen LogP contribution in [0.4, 0.5) is 0 Å². The Bertz CT molecular complexity index is 189. The van der Waals surface area contributed by atoms with E-state index in [2.05, 4.69) is 37.9 Å². The van der Waals surface area contributed by atoms with Gasteiger partial charge in [0.25, 0.3) is 0 Å². The normalized spacial score (nSPS) is 27.2. The molecule has 1 saturated heterocycles.